The third-order valence-electron chi connectivity index (χ3n) is 10.2. The second-order valence-electron chi connectivity index (χ2n) is 15.5. The van der Waals surface area contributed by atoms with Crippen molar-refractivity contribution in [2.24, 2.45) is 5.92 Å². The van der Waals surface area contributed by atoms with Crippen LogP contribution in [0.3, 0.4) is 0 Å². The molecule has 52 heavy (non-hydrogen) atoms. The molecule has 6 rings (SSSR count). The van der Waals surface area contributed by atoms with Gasteiger partial charge in [-0.25, -0.2) is 22.4 Å². The van der Waals surface area contributed by atoms with Gasteiger partial charge in [0.15, 0.2) is 0 Å². The number of halogens is 1. The number of ether oxygens (including phenoxy) is 2. The lowest BCUT2D eigenvalue weighted by Crippen LogP contribution is -2.58. The Labute approximate surface area is 303 Å². The molecular weight excluding hydrogens is 697 g/mol. The zero-order valence-corrected chi connectivity index (χ0v) is 30.6. The second kappa shape index (κ2) is 14.7. The maximum Gasteiger partial charge on any atom is 0.410 e. The summed E-state index contributed by atoms with van der Waals surface area (Å²) in [5.41, 5.74) is -1.36. The average molecular weight is 746 g/mol. The van der Waals surface area contributed by atoms with Crippen LogP contribution in [0.15, 0.2) is 30.4 Å². The molecule has 0 unspecified atom stereocenters. The van der Waals surface area contributed by atoms with Gasteiger partial charge in [-0.05, 0) is 70.9 Å². The molecule has 14 nitrogen and oxygen atoms in total. The number of hydrogen-bond donors (Lipinski definition) is 3. The van der Waals surface area contributed by atoms with E-state index >= 15 is 0 Å². The number of fused-ring (bicyclic) bond motifs is 3. The zero-order valence-electron chi connectivity index (χ0n) is 29.8. The lowest BCUT2D eigenvalue weighted by molar-refractivity contribution is -0.141. The molecule has 1 aromatic rings. The van der Waals surface area contributed by atoms with Gasteiger partial charge >= 0.3 is 12.2 Å². The minimum atomic E-state index is -3.92. The standard InChI is InChI=1S/C36H48FN5O9S/c1-35(2,3)51-33(46)38-28-14-9-7-5-4-6-8-12-23-18-36(23,32(45)40-52(48,49)25-15-16-25)39-30(43)29-17-24(20-42(29)31(28)44)50-34(47)41-19-22-11-10-13-27(37)26(22)21-41/h8,10-13,23-25,28-29H,4-7,9,14-21H2,1-3H3,(H,38,46)(H,39,43)(H,40,45)/t23-,24-,28+,29+,36-/m1/s1. The van der Waals surface area contributed by atoms with Gasteiger partial charge in [0.2, 0.25) is 21.8 Å². The van der Waals surface area contributed by atoms with E-state index in [-0.39, 0.29) is 38.9 Å². The van der Waals surface area contributed by atoms with Gasteiger partial charge in [-0.1, -0.05) is 43.5 Å². The van der Waals surface area contributed by atoms with E-state index < -0.39 is 86.2 Å². The fourth-order valence-electron chi connectivity index (χ4n) is 7.20. The first-order valence-electron chi connectivity index (χ1n) is 18.1. The molecule has 3 N–H and O–H groups in total. The van der Waals surface area contributed by atoms with Crippen LogP contribution < -0.4 is 15.4 Å². The Morgan fingerprint density at radius 1 is 1.04 bits per heavy atom. The maximum absolute atomic E-state index is 14.4. The zero-order chi connectivity index (χ0) is 37.4. The summed E-state index contributed by atoms with van der Waals surface area (Å²) >= 11 is 0. The van der Waals surface area contributed by atoms with E-state index in [0.29, 0.717) is 36.8 Å². The topological polar surface area (TPSA) is 181 Å². The summed E-state index contributed by atoms with van der Waals surface area (Å²) < 4.78 is 53.4. The molecule has 3 heterocycles. The van der Waals surface area contributed by atoms with Gasteiger partial charge in [0.1, 0.15) is 35.1 Å². The summed E-state index contributed by atoms with van der Waals surface area (Å²) in [6, 6.07) is 2.30. The van der Waals surface area contributed by atoms with Crippen molar-refractivity contribution in [3.8, 4) is 0 Å². The Morgan fingerprint density at radius 3 is 2.50 bits per heavy atom. The van der Waals surface area contributed by atoms with Crippen LogP contribution in [0.4, 0.5) is 14.0 Å². The van der Waals surface area contributed by atoms with Crippen molar-refractivity contribution < 1.29 is 46.3 Å². The van der Waals surface area contributed by atoms with Crippen LogP contribution in [0.25, 0.3) is 0 Å². The molecule has 3 aliphatic heterocycles. The lowest BCUT2D eigenvalue weighted by atomic mass is 10.0. The minimum Gasteiger partial charge on any atom is -0.444 e. The van der Waals surface area contributed by atoms with E-state index in [4.69, 9.17) is 9.47 Å². The number of nitrogens with one attached hydrogen (secondary N) is 3. The smallest absolute Gasteiger partial charge is 0.410 e. The third kappa shape index (κ3) is 8.53. The summed E-state index contributed by atoms with van der Waals surface area (Å²) in [5.74, 6) is -3.06. The molecule has 1 saturated heterocycles. The normalized spacial score (nSPS) is 28.2. The first-order valence-corrected chi connectivity index (χ1v) is 19.7. The highest BCUT2D eigenvalue weighted by atomic mass is 32.2. The molecule has 284 valence electrons. The van der Waals surface area contributed by atoms with E-state index in [1.807, 2.05) is 12.2 Å². The van der Waals surface area contributed by atoms with E-state index in [1.54, 1.807) is 32.9 Å². The van der Waals surface area contributed by atoms with Crippen LogP contribution in [0.1, 0.15) is 96.1 Å². The van der Waals surface area contributed by atoms with E-state index in [0.717, 1.165) is 19.3 Å². The SMILES string of the molecule is CC(C)(C)OC(=O)N[C@H]1CCCCCCC=C[C@@H]2C[C@@]2(C(=O)NS(=O)(=O)C2CC2)NC(=O)[C@@H]2C[C@@H](OC(=O)N3Cc4cccc(F)c4C3)CN2C1=O. The van der Waals surface area contributed by atoms with E-state index in [2.05, 4.69) is 15.4 Å². The van der Waals surface area contributed by atoms with E-state index in [1.165, 1.54) is 15.9 Å². The van der Waals surface area contributed by atoms with Crippen LogP contribution in [0, 0.1) is 11.7 Å². The molecule has 3 fully saturated rings. The molecule has 2 aliphatic carbocycles. The van der Waals surface area contributed by atoms with Crippen molar-refractivity contribution in [3.63, 3.8) is 0 Å². The predicted molar refractivity (Wildman–Crippen MR) is 185 cm³/mol. The number of carbonyl (C=O) groups is 5. The van der Waals surface area contributed by atoms with Crippen LogP contribution in [0.2, 0.25) is 0 Å². The van der Waals surface area contributed by atoms with Gasteiger partial charge in [-0.15, -0.1) is 0 Å². The van der Waals surface area contributed by atoms with Gasteiger partial charge in [-0.3, -0.25) is 24.0 Å². The molecule has 5 aliphatic rings. The number of nitrogens with zero attached hydrogens (tertiary/aromatic N) is 2. The van der Waals surface area contributed by atoms with Crippen molar-refractivity contribution in [3.05, 3.63) is 47.3 Å². The summed E-state index contributed by atoms with van der Waals surface area (Å²) in [4.78, 5) is 71.0. The number of carbonyl (C=O) groups excluding carboxylic acids is 5. The number of benzene rings is 1. The Morgan fingerprint density at radius 2 is 1.79 bits per heavy atom. The van der Waals surface area contributed by atoms with Crippen LogP contribution in [-0.2, 0) is 47.0 Å². The Bertz CT molecular complexity index is 1740. The van der Waals surface area contributed by atoms with Gasteiger partial charge in [0.25, 0.3) is 5.91 Å². The van der Waals surface area contributed by atoms with Crippen LogP contribution in [-0.4, -0.2) is 89.2 Å². The van der Waals surface area contributed by atoms with Gasteiger partial charge in [0, 0.05) is 24.4 Å². The molecule has 0 bridgehead atoms. The summed E-state index contributed by atoms with van der Waals surface area (Å²) in [5, 5.41) is 4.81. The van der Waals surface area contributed by atoms with Gasteiger partial charge in [0.05, 0.1) is 18.3 Å². The monoisotopic (exact) mass is 745 g/mol. The average Bonchev–Trinajstić information content (AvgIpc) is 3.94. The Hall–Kier alpha value is -4.21. The van der Waals surface area contributed by atoms with Crippen LogP contribution >= 0.6 is 0 Å². The number of rotatable bonds is 5. The molecule has 0 radical (unpaired) electrons. The van der Waals surface area contributed by atoms with Crippen molar-refractivity contribution in [2.75, 3.05) is 6.54 Å². The molecule has 0 spiro atoms. The fraction of sp³-hybridized carbons (Fsp3) is 0.639. The fourth-order valence-corrected chi connectivity index (χ4v) is 8.56. The molecule has 16 heteroatoms. The molecule has 5 atom stereocenters. The number of alkyl carbamates (subject to hydrolysis) is 1. The summed E-state index contributed by atoms with van der Waals surface area (Å²) in [6.07, 6.45) is 6.20. The van der Waals surface area contributed by atoms with Crippen LogP contribution in [0.5, 0.6) is 0 Å². The number of sulfonamides is 1. The van der Waals surface area contributed by atoms with Crippen molar-refractivity contribution in [1.29, 1.82) is 0 Å². The third-order valence-corrected chi connectivity index (χ3v) is 12.1. The van der Waals surface area contributed by atoms with Crippen molar-refractivity contribution >= 4 is 39.9 Å². The molecular formula is C36H48FN5O9S. The summed E-state index contributed by atoms with van der Waals surface area (Å²) in [6.45, 7) is 5.02. The number of amides is 5. The first kappa shape index (κ1) is 37.5. The Balaban J connectivity index is 1.25. The minimum absolute atomic E-state index is 0.00168. The number of hydrogen-bond acceptors (Lipinski definition) is 9. The highest BCUT2D eigenvalue weighted by molar-refractivity contribution is 7.91. The van der Waals surface area contributed by atoms with Gasteiger partial charge in [-0.2, -0.15) is 0 Å². The quantitative estimate of drug-likeness (QED) is 0.380. The molecule has 1 aromatic carbocycles. The lowest BCUT2D eigenvalue weighted by Gasteiger charge is -2.30. The highest BCUT2D eigenvalue weighted by Gasteiger charge is 2.62. The summed E-state index contributed by atoms with van der Waals surface area (Å²) in [7, 11) is -3.92. The highest BCUT2D eigenvalue weighted by Crippen LogP contribution is 2.46. The van der Waals surface area contributed by atoms with Gasteiger partial charge < -0.3 is 25.0 Å². The first-order chi connectivity index (χ1) is 24.6. The second-order valence-corrected chi connectivity index (χ2v) is 17.5. The van der Waals surface area contributed by atoms with E-state index in [9.17, 15) is 36.8 Å². The number of allylic oxidation sites excluding steroid dienone is 1. The molecule has 2 saturated carbocycles. The molecule has 5 amide bonds. The predicted octanol–water partition coefficient (Wildman–Crippen LogP) is 3.53. The van der Waals surface area contributed by atoms with Crippen molar-refractivity contribution in [2.45, 2.75) is 133 Å². The largest absolute Gasteiger partial charge is 0.444 e. The Kier molecular flexibility index (Phi) is 10.6. The molecule has 0 aromatic heterocycles. The van der Waals surface area contributed by atoms with Crippen molar-refractivity contribution in [1.82, 2.24) is 25.2 Å². The maximum atomic E-state index is 14.4.